The van der Waals surface area contributed by atoms with Gasteiger partial charge in [0.15, 0.2) is 0 Å². The molecule has 0 saturated heterocycles. The molecule has 0 aliphatic heterocycles. The predicted octanol–water partition coefficient (Wildman–Crippen LogP) is 3.94. The Morgan fingerprint density at radius 2 is 1.94 bits per heavy atom. The summed E-state index contributed by atoms with van der Waals surface area (Å²) >= 11 is 0. The van der Waals surface area contributed by atoms with Crippen LogP contribution in [0.15, 0.2) is 42.5 Å². The van der Waals surface area contributed by atoms with E-state index in [1.165, 1.54) is 16.3 Å². The van der Waals surface area contributed by atoms with Gasteiger partial charge in [0.1, 0.15) is 0 Å². The third-order valence-corrected chi connectivity index (χ3v) is 2.70. The lowest BCUT2D eigenvalue weighted by atomic mass is 9.94. The van der Waals surface area contributed by atoms with Crippen LogP contribution in [0.4, 0.5) is 0 Å². The van der Waals surface area contributed by atoms with Gasteiger partial charge in [-0.2, -0.15) is 5.26 Å². The second-order valence-corrected chi connectivity index (χ2v) is 4.07. The second kappa shape index (κ2) is 4.81. The maximum atomic E-state index is 8.66. The minimum atomic E-state index is 0.302. The summed E-state index contributed by atoms with van der Waals surface area (Å²) in [4.78, 5) is 0. The highest BCUT2D eigenvalue weighted by molar-refractivity contribution is 5.86. The Bertz CT molecular complexity index is 517. The molecule has 0 amide bonds. The van der Waals surface area contributed by atoms with Crippen molar-refractivity contribution in [3.8, 4) is 6.07 Å². The molecule has 1 radical (unpaired) electrons. The first kappa shape index (κ1) is 10.7. The highest BCUT2D eigenvalue weighted by Crippen LogP contribution is 2.23. The van der Waals surface area contributed by atoms with Gasteiger partial charge in [0, 0.05) is 6.42 Å². The quantitative estimate of drug-likeness (QED) is 0.749. The molecule has 16 heavy (non-hydrogen) atoms. The van der Waals surface area contributed by atoms with Gasteiger partial charge >= 0.3 is 0 Å². The van der Waals surface area contributed by atoms with Gasteiger partial charge in [0.25, 0.3) is 0 Å². The third kappa shape index (κ3) is 2.23. The molecule has 2 aromatic carbocycles. The molecule has 2 aromatic rings. The molecule has 1 heteroatoms. The van der Waals surface area contributed by atoms with Crippen LogP contribution in [-0.2, 0) is 0 Å². The molecule has 0 fully saturated rings. The van der Waals surface area contributed by atoms with E-state index in [1.54, 1.807) is 0 Å². The summed E-state index contributed by atoms with van der Waals surface area (Å²) in [5.41, 5.74) is 1.22. The molecule has 0 aliphatic rings. The van der Waals surface area contributed by atoms with E-state index in [2.05, 4.69) is 55.8 Å². The number of nitriles is 1. The van der Waals surface area contributed by atoms with Gasteiger partial charge in [0.2, 0.25) is 0 Å². The Morgan fingerprint density at radius 3 is 2.75 bits per heavy atom. The standard InChI is InChI=1S/C15H14N/c1-12(9-10-16)11-14-7-4-6-13-5-2-3-8-15(13)14/h2-8,11-12H,9H2,1H3. The van der Waals surface area contributed by atoms with Crippen molar-refractivity contribution >= 4 is 10.8 Å². The summed E-state index contributed by atoms with van der Waals surface area (Å²) < 4.78 is 0. The molecule has 1 unspecified atom stereocenters. The van der Waals surface area contributed by atoms with Crippen molar-refractivity contribution in [2.75, 3.05) is 0 Å². The number of fused-ring (bicyclic) bond motifs is 1. The van der Waals surface area contributed by atoms with Gasteiger partial charge in [-0.25, -0.2) is 0 Å². The van der Waals surface area contributed by atoms with E-state index in [4.69, 9.17) is 5.26 Å². The lowest BCUT2D eigenvalue weighted by molar-refractivity contribution is 0.709. The van der Waals surface area contributed by atoms with Crippen molar-refractivity contribution in [2.24, 2.45) is 5.92 Å². The van der Waals surface area contributed by atoms with Gasteiger partial charge < -0.3 is 0 Å². The Hall–Kier alpha value is -1.81. The van der Waals surface area contributed by atoms with E-state index < -0.39 is 0 Å². The van der Waals surface area contributed by atoms with Gasteiger partial charge in [-0.05, 0) is 28.7 Å². The lowest BCUT2D eigenvalue weighted by Gasteiger charge is -2.09. The summed E-state index contributed by atoms with van der Waals surface area (Å²) in [6.45, 7) is 2.07. The molecule has 0 saturated carbocycles. The third-order valence-electron chi connectivity index (χ3n) is 2.70. The van der Waals surface area contributed by atoms with Crippen molar-refractivity contribution in [3.63, 3.8) is 0 Å². The van der Waals surface area contributed by atoms with Crippen LogP contribution in [-0.4, -0.2) is 0 Å². The van der Waals surface area contributed by atoms with E-state index in [1.807, 2.05) is 6.07 Å². The molecule has 2 rings (SSSR count). The number of rotatable bonds is 3. The average molecular weight is 208 g/mol. The maximum Gasteiger partial charge on any atom is 0.0624 e. The number of hydrogen-bond acceptors (Lipinski definition) is 1. The monoisotopic (exact) mass is 208 g/mol. The van der Waals surface area contributed by atoms with Crippen LogP contribution in [0.3, 0.4) is 0 Å². The second-order valence-electron chi connectivity index (χ2n) is 4.07. The molecule has 0 N–H and O–H groups in total. The van der Waals surface area contributed by atoms with Crippen LogP contribution in [0, 0.1) is 23.7 Å². The zero-order chi connectivity index (χ0) is 11.4. The highest BCUT2D eigenvalue weighted by atomic mass is 14.2. The number of hydrogen-bond donors (Lipinski definition) is 0. The molecular weight excluding hydrogens is 194 g/mol. The van der Waals surface area contributed by atoms with Gasteiger partial charge in [0.05, 0.1) is 6.07 Å². The summed E-state index contributed by atoms with van der Waals surface area (Å²) in [6, 6.07) is 16.8. The van der Waals surface area contributed by atoms with E-state index >= 15 is 0 Å². The molecule has 1 atom stereocenters. The topological polar surface area (TPSA) is 23.8 Å². The van der Waals surface area contributed by atoms with Crippen LogP contribution < -0.4 is 0 Å². The van der Waals surface area contributed by atoms with Crippen molar-refractivity contribution in [1.29, 1.82) is 5.26 Å². The Labute approximate surface area is 96.3 Å². The smallest absolute Gasteiger partial charge is 0.0624 e. The fourth-order valence-corrected chi connectivity index (χ4v) is 1.91. The van der Waals surface area contributed by atoms with E-state index in [-0.39, 0.29) is 0 Å². The van der Waals surface area contributed by atoms with Gasteiger partial charge in [-0.1, -0.05) is 49.4 Å². The molecule has 0 heterocycles. The minimum Gasteiger partial charge on any atom is -0.198 e. The molecular formula is C15H14N. The lowest BCUT2D eigenvalue weighted by Crippen LogP contribution is -1.96. The fraction of sp³-hybridized carbons (Fsp3) is 0.200. The first-order valence-corrected chi connectivity index (χ1v) is 5.51. The molecule has 1 nitrogen and oxygen atoms in total. The zero-order valence-electron chi connectivity index (χ0n) is 9.35. The summed E-state index contributed by atoms with van der Waals surface area (Å²) in [6.07, 6.45) is 2.74. The van der Waals surface area contributed by atoms with E-state index in [0.29, 0.717) is 12.3 Å². The minimum absolute atomic E-state index is 0.302. The number of nitrogens with zero attached hydrogens (tertiary/aromatic N) is 1. The predicted molar refractivity (Wildman–Crippen MR) is 66.7 cm³/mol. The van der Waals surface area contributed by atoms with Crippen molar-refractivity contribution < 1.29 is 0 Å². The van der Waals surface area contributed by atoms with Crippen LogP contribution >= 0.6 is 0 Å². The highest BCUT2D eigenvalue weighted by Gasteiger charge is 2.06. The maximum absolute atomic E-state index is 8.66. The molecule has 79 valence electrons. The van der Waals surface area contributed by atoms with Gasteiger partial charge in [-0.15, -0.1) is 0 Å². The molecule has 0 spiro atoms. The SMILES string of the molecule is CC([CH]c1cccc2ccccc12)CC#N. The van der Waals surface area contributed by atoms with Crippen LogP contribution in [0.5, 0.6) is 0 Å². The largest absolute Gasteiger partial charge is 0.198 e. The van der Waals surface area contributed by atoms with E-state index in [9.17, 15) is 0 Å². The Balaban J connectivity index is 2.34. The molecule has 0 aromatic heterocycles. The van der Waals surface area contributed by atoms with Crippen LogP contribution in [0.25, 0.3) is 10.8 Å². The van der Waals surface area contributed by atoms with E-state index in [0.717, 1.165) is 0 Å². The molecule has 0 aliphatic carbocycles. The van der Waals surface area contributed by atoms with Crippen LogP contribution in [0.2, 0.25) is 0 Å². The summed E-state index contributed by atoms with van der Waals surface area (Å²) in [5, 5.41) is 11.2. The Morgan fingerprint density at radius 1 is 1.19 bits per heavy atom. The van der Waals surface area contributed by atoms with Crippen molar-refractivity contribution in [1.82, 2.24) is 0 Å². The first-order valence-electron chi connectivity index (χ1n) is 5.51. The summed E-state index contributed by atoms with van der Waals surface area (Å²) in [5.74, 6) is 0.302. The zero-order valence-corrected chi connectivity index (χ0v) is 9.35. The molecule has 0 bridgehead atoms. The first-order chi connectivity index (χ1) is 7.81. The normalized spacial score (nSPS) is 12.2. The fourth-order valence-electron chi connectivity index (χ4n) is 1.91. The van der Waals surface area contributed by atoms with Crippen LogP contribution in [0.1, 0.15) is 18.9 Å². The average Bonchev–Trinajstić information content (AvgIpc) is 2.30. The van der Waals surface area contributed by atoms with Crippen molar-refractivity contribution in [3.05, 3.63) is 54.4 Å². The summed E-state index contributed by atoms with van der Waals surface area (Å²) in [7, 11) is 0. The number of benzene rings is 2. The Kier molecular flexibility index (Phi) is 3.22. The van der Waals surface area contributed by atoms with Crippen molar-refractivity contribution in [2.45, 2.75) is 13.3 Å². The van der Waals surface area contributed by atoms with Gasteiger partial charge in [-0.3, -0.25) is 0 Å².